The Morgan fingerprint density at radius 1 is 0.962 bits per heavy atom. The van der Waals surface area contributed by atoms with E-state index in [1.54, 1.807) is 68.4 Å². The van der Waals surface area contributed by atoms with E-state index in [0.717, 1.165) is 4.90 Å². The molecule has 0 spiro atoms. The van der Waals surface area contributed by atoms with Crippen LogP contribution in [0.1, 0.15) is 82.1 Å². The van der Waals surface area contributed by atoms with E-state index in [9.17, 15) is 29.7 Å². The van der Waals surface area contributed by atoms with Gasteiger partial charge >= 0.3 is 18.3 Å². The van der Waals surface area contributed by atoms with E-state index in [1.165, 1.54) is 14.0 Å². The van der Waals surface area contributed by atoms with Crippen molar-refractivity contribution in [3.63, 3.8) is 0 Å². The number of aliphatic hydroxyl groups excluding tert-OH is 3. The minimum Gasteiger partial charge on any atom is -0.467 e. The van der Waals surface area contributed by atoms with Crippen molar-refractivity contribution in [3.8, 4) is 0 Å². The molecule has 0 saturated heterocycles. The molecule has 0 aromatic carbocycles. The zero-order chi connectivity index (χ0) is 39.8. The van der Waals surface area contributed by atoms with Crippen LogP contribution in [0, 0.1) is 0 Å². The van der Waals surface area contributed by atoms with E-state index in [-0.39, 0.29) is 19.6 Å². The molecular formula is C34H63N5O13. The fraction of sp³-hybridized carbons (Fsp3) is 0.853. The summed E-state index contributed by atoms with van der Waals surface area (Å²) in [6, 6.07) is -3.82. The van der Waals surface area contributed by atoms with Crippen molar-refractivity contribution in [2.45, 2.75) is 160 Å². The third-order valence-electron chi connectivity index (χ3n) is 7.84. The molecule has 10 atom stereocenters. The molecule has 302 valence electrons. The van der Waals surface area contributed by atoms with Gasteiger partial charge < -0.3 is 75.5 Å². The summed E-state index contributed by atoms with van der Waals surface area (Å²) in [5, 5.41) is 38.6. The monoisotopic (exact) mass is 749 g/mol. The molecule has 18 heteroatoms. The van der Waals surface area contributed by atoms with Crippen LogP contribution >= 0.6 is 0 Å². The largest absolute Gasteiger partial charge is 0.467 e. The van der Waals surface area contributed by atoms with Gasteiger partial charge in [-0.05, 0) is 88.2 Å². The smallest absolute Gasteiger partial charge is 0.410 e. The highest BCUT2D eigenvalue weighted by atomic mass is 16.7. The number of ether oxygens (including phenoxy) is 7. The zero-order valence-electron chi connectivity index (χ0n) is 32.4. The maximum Gasteiger partial charge on any atom is 0.410 e. The van der Waals surface area contributed by atoms with Crippen molar-refractivity contribution in [2.24, 2.45) is 11.5 Å². The normalized spacial score (nSPS) is 27.2. The molecule has 52 heavy (non-hydrogen) atoms. The molecule has 9 N–H and O–H groups in total. The van der Waals surface area contributed by atoms with Crippen LogP contribution in [0.5, 0.6) is 0 Å². The minimum absolute atomic E-state index is 0.0602. The molecule has 1 heterocycles. The third-order valence-corrected chi connectivity index (χ3v) is 7.84. The molecule has 1 saturated carbocycles. The summed E-state index contributed by atoms with van der Waals surface area (Å²) < 4.78 is 40.6. The Morgan fingerprint density at radius 2 is 1.48 bits per heavy atom. The topological polar surface area (TPSA) is 256 Å². The number of alkyl carbamates (subject to hydrolysis) is 2. The molecular weight excluding hydrogens is 686 g/mol. The maximum atomic E-state index is 13.1. The number of hydrogen-bond donors (Lipinski definition) is 7. The average Bonchev–Trinajstić information content (AvgIpc) is 2.99. The number of nitrogens with one attached hydrogen (secondary N) is 2. The maximum absolute atomic E-state index is 13.1. The van der Waals surface area contributed by atoms with Gasteiger partial charge in [-0.1, -0.05) is 0 Å². The fourth-order valence-corrected chi connectivity index (χ4v) is 5.33. The van der Waals surface area contributed by atoms with Gasteiger partial charge in [0.2, 0.25) is 6.29 Å². The van der Waals surface area contributed by atoms with Crippen LogP contribution in [-0.4, -0.2) is 143 Å². The molecule has 1 aliphatic carbocycles. The lowest BCUT2D eigenvalue weighted by molar-refractivity contribution is -0.275. The lowest BCUT2D eigenvalue weighted by Crippen LogP contribution is -2.68. The number of rotatable bonds is 13. The van der Waals surface area contributed by atoms with Crippen LogP contribution in [0.15, 0.2) is 11.8 Å². The molecule has 1 aliphatic heterocycles. The van der Waals surface area contributed by atoms with Gasteiger partial charge in [-0.2, -0.15) is 0 Å². The Balaban J connectivity index is 2.57. The van der Waals surface area contributed by atoms with Gasteiger partial charge in [0.25, 0.3) is 0 Å². The van der Waals surface area contributed by atoms with Gasteiger partial charge in [-0.3, -0.25) is 0 Å². The van der Waals surface area contributed by atoms with E-state index in [1.807, 2.05) is 0 Å². The second-order valence-electron chi connectivity index (χ2n) is 16.0. The lowest BCUT2D eigenvalue weighted by atomic mass is 9.83. The van der Waals surface area contributed by atoms with Crippen LogP contribution in [0.25, 0.3) is 0 Å². The SMILES string of the molecule is C[C@@H]([C@@H](O)[C@H](OCCO)O[C@@H]1[C@@H](O)[C@H](O[C@H]2OC(CN)=CC[C@H]2N)[C@@H](NC(=O)OC(C)(C)C)C[C@H]1NC(=O)OC(C)(C)C)N(C)C(=O)OC(C)(C)C. The van der Waals surface area contributed by atoms with Gasteiger partial charge in [0.15, 0.2) is 6.29 Å². The Labute approximate surface area is 306 Å². The van der Waals surface area contributed by atoms with Crippen molar-refractivity contribution < 1.29 is 62.9 Å². The van der Waals surface area contributed by atoms with Crippen molar-refractivity contribution in [2.75, 3.05) is 26.8 Å². The second kappa shape index (κ2) is 18.9. The number of nitrogens with two attached hydrogens (primary N) is 2. The standard InChI is InChI=1S/C34H63N5O13/c1-18(39(11)31(45)52-34(8,9)10)23(41)28(46-15-14-40)49-26-22(38-30(44)51-33(5,6)7)16-21(37-29(43)50-32(2,3)4)25(24(26)42)48-27-20(36)13-12-19(17-35)47-27/h12,18,20-28,40-42H,13-17,35-36H2,1-11H3,(H,37,43)(H,38,44)/t18-,20+,21-,22+,23+,24-,25+,26-,27+,28+/m0/s1. The van der Waals surface area contributed by atoms with Gasteiger partial charge in [-0.25, -0.2) is 14.4 Å². The highest BCUT2D eigenvalue weighted by Gasteiger charge is 2.51. The number of likely N-dealkylation sites (N-methyl/N-ethyl adjacent to an activating group) is 1. The van der Waals surface area contributed by atoms with Crippen molar-refractivity contribution in [1.29, 1.82) is 0 Å². The van der Waals surface area contributed by atoms with Gasteiger partial charge in [0, 0.05) is 7.05 Å². The minimum atomic E-state index is -1.68. The molecule has 18 nitrogen and oxygen atoms in total. The average molecular weight is 750 g/mol. The summed E-state index contributed by atoms with van der Waals surface area (Å²) in [5.74, 6) is 0.412. The molecule has 0 radical (unpaired) electrons. The quantitative estimate of drug-likeness (QED) is 0.103. The fourth-order valence-electron chi connectivity index (χ4n) is 5.33. The van der Waals surface area contributed by atoms with Gasteiger partial charge in [0.1, 0.15) is 47.0 Å². The Bertz CT molecular complexity index is 1200. The van der Waals surface area contributed by atoms with Crippen LogP contribution in [0.4, 0.5) is 14.4 Å². The number of hydrogen-bond acceptors (Lipinski definition) is 15. The van der Waals surface area contributed by atoms with Crippen LogP contribution in [-0.2, 0) is 33.2 Å². The van der Waals surface area contributed by atoms with E-state index in [2.05, 4.69) is 10.6 Å². The molecule has 0 aromatic rings. The summed E-state index contributed by atoms with van der Waals surface area (Å²) in [6.07, 6.45) is -9.17. The molecule has 2 rings (SSSR count). The van der Waals surface area contributed by atoms with Crippen LogP contribution in [0.3, 0.4) is 0 Å². The highest BCUT2D eigenvalue weighted by Crippen LogP contribution is 2.31. The molecule has 1 fully saturated rings. The number of carbonyl (C=O) groups is 3. The number of carbonyl (C=O) groups excluding carboxylic acids is 3. The molecule has 3 amide bonds. The summed E-state index contributed by atoms with van der Waals surface area (Å²) in [5.41, 5.74) is 9.52. The first kappa shape index (κ1) is 45.2. The summed E-state index contributed by atoms with van der Waals surface area (Å²) in [7, 11) is 1.42. The zero-order valence-corrected chi connectivity index (χ0v) is 32.4. The predicted octanol–water partition coefficient (Wildman–Crippen LogP) is 1.18. The summed E-state index contributed by atoms with van der Waals surface area (Å²) in [6.45, 7) is 16.0. The van der Waals surface area contributed by atoms with Gasteiger partial charge in [-0.15, -0.1) is 0 Å². The Kier molecular flexibility index (Phi) is 16.4. The first-order valence-electron chi connectivity index (χ1n) is 17.5. The van der Waals surface area contributed by atoms with Gasteiger partial charge in [0.05, 0.1) is 43.9 Å². The molecule has 0 bridgehead atoms. The first-order chi connectivity index (χ1) is 23.9. The third kappa shape index (κ3) is 14.5. The van der Waals surface area contributed by atoms with E-state index < -0.39 is 103 Å². The van der Waals surface area contributed by atoms with Crippen LogP contribution < -0.4 is 22.1 Å². The second-order valence-corrected chi connectivity index (χ2v) is 16.0. The predicted molar refractivity (Wildman–Crippen MR) is 188 cm³/mol. The number of amides is 3. The van der Waals surface area contributed by atoms with E-state index in [4.69, 9.17) is 44.6 Å². The van der Waals surface area contributed by atoms with Crippen molar-refractivity contribution in [3.05, 3.63) is 11.8 Å². The summed E-state index contributed by atoms with van der Waals surface area (Å²) >= 11 is 0. The Hall–Kier alpha value is -2.97. The highest BCUT2D eigenvalue weighted by molar-refractivity contribution is 5.69. The Morgan fingerprint density at radius 3 is 1.96 bits per heavy atom. The summed E-state index contributed by atoms with van der Waals surface area (Å²) in [4.78, 5) is 40.2. The molecule has 0 aromatic heterocycles. The van der Waals surface area contributed by atoms with Crippen molar-refractivity contribution in [1.82, 2.24) is 15.5 Å². The van der Waals surface area contributed by atoms with Crippen molar-refractivity contribution >= 4 is 18.3 Å². The molecule has 0 unspecified atom stereocenters. The number of aliphatic hydroxyl groups is 3. The lowest BCUT2D eigenvalue weighted by Gasteiger charge is -2.47. The van der Waals surface area contributed by atoms with E-state index >= 15 is 0 Å². The first-order valence-corrected chi connectivity index (χ1v) is 17.5. The van der Waals surface area contributed by atoms with Crippen LogP contribution in [0.2, 0.25) is 0 Å². The molecule has 2 aliphatic rings. The van der Waals surface area contributed by atoms with E-state index in [0.29, 0.717) is 12.2 Å². The number of nitrogens with zero attached hydrogens (tertiary/aromatic N) is 1.